The lowest BCUT2D eigenvalue weighted by atomic mass is 10.1. The minimum atomic E-state index is -3.31. The second-order valence-corrected chi connectivity index (χ2v) is 10.3. The van der Waals surface area contributed by atoms with Gasteiger partial charge in [0.05, 0.1) is 17.5 Å². The van der Waals surface area contributed by atoms with E-state index >= 15 is 0 Å². The molecule has 0 aromatic heterocycles. The van der Waals surface area contributed by atoms with Crippen LogP contribution in [0.5, 0.6) is 5.75 Å². The molecule has 0 unspecified atom stereocenters. The molecule has 1 fully saturated rings. The van der Waals surface area contributed by atoms with Gasteiger partial charge >= 0.3 is 0 Å². The van der Waals surface area contributed by atoms with E-state index in [1.807, 2.05) is 45.0 Å². The van der Waals surface area contributed by atoms with Gasteiger partial charge in [-0.3, -0.25) is 9.10 Å². The minimum Gasteiger partial charge on any atom is -0.491 e. The quantitative estimate of drug-likeness (QED) is 0.623. The van der Waals surface area contributed by atoms with E-state index in [4.69, 9.17) is 4.74 Å². The highest BCUT2D eigenvalue weighted by Crippen LogP contribution is 2.28. The summed E-state index contributed by atoms with van der Waals surface area (Å²) in [5.41, 5.74) is 3.11. The number of carbonyl (C=O) groups excluding carboxylic acids is 1. The maximum absolute atomic E-state index is 12.6. The largest absolute Gasteiger partial charge is 0.491 e. The topological polar surface area (TPSA) is 75.7 Å². The molecule has 0 atom stereocenters. The Bertz CT molecular complexity index is 1020. The van der Waals surface area contributed by atoms with Crippen LogP contribution in [0.15, 0.2) is 42.5 Å². The van der Waals surface area contributed by atoms with Gasteiger partial charge in [-0.05, 0) is 81.8 Å². The average molecular weight is 445 g/mol. The summed E-state index contributed by atoms with van der Waals surface area (Å²) in [6.45, 7) is 6.88. The van der Waals surface area contributed by atoms with E-state index < -0.39 is 10.0 Å². The van der Waals surface area contributed by atoms with Crippen LogP contribution in [0.2, 0.25) is 0 Å². The number of amides is 1. The van der Waals surface area contributed by atoms with Gasteiger partial charge in [-0.1, -0.05) is 18.2 Å². The average Bonchev–Trinajstić information content (AvgIpc) is 2.71. The summed E-state index contributed by atoms with van der Waals surface area (Å²) >= 11 is 0. The third-order valence-corrected chi connectivity index (χ3v) is 7.14. The van der Waals surface area contributed by atoms with Crippen LogP contribution in [0.1, 0.15) is 54.6 Å². The zero-order chi connectivity index (χ0) is 22.4. The lowest BCUT2D eigenvalue weighted by molar-refractivity contribution is 0.0953. The Labute approximate surface area is 185 Å². The molecule has 0 saturated carbocycles. The maximum atomic E-state index is 12.6. The number of hydrogen-bond donors (Lipinski definition) is 1. The van der Waals surface area contributed by atoms with Gasteiger partial charge in [0.25, 0.3) is 5.91 Å². The van der Waals surface area contributed by atoms with Crippen molar-refractivity contribution >= 4 is 21.6 Å². The van der Waals surface area contributed by atoms with E-state index in [0.29, 0.717) is 30.8 Å². The fourth-order valence-corrected chi connectivity index (χ4v) is 5.41. The van der Waals surface area contributed by atoms with Crippen LogP contribution in [-0.4, -0.2) is 39.3 Å². The Morgan fingerprint density at radius 1 is 1.16 bits per heavy atom. The van der Waals surface area contributed by atoms with Crippen LogP contribution in [0.25, 0.3) is 0 Å². The first-order valence-electron chi connectivity index (χ1n) is 10.9. The first-order valence-corrected chi connectivity index (χ1v) is 12.5. The van der Waals surface area contributed by atoms with Crippen molar-refractivity contribution in [3.8, 4) is 5.75 Å². The molecule has 0 bridgehead atoms. The van der Waals surface area contributed by atoms with Gasteiger partial charge in [0, 0.05) is 18.7 Å². The highest BCUT2D eigenvalue weighted by Gasteiger charge is 2.27. The minimum absolute atomic E-state index is 0.133. The van der Waals surface area contributed by atoms with Crippen LogP contribution in [0, 0.1) is 6.92 Å². The summed E-state index contributed by atoms with van der Waals surface area (Å²) in [6, 6.07) is 13.3. The molecule has 1 amide bonds. The predicted octanol–water partition coefficient (Wildman–Crippen LogP) is 4.07. The van der Waals surface area contributed by atoms with Crippen molar-refractivity contribution in [2.45, 2.75) is 52.6 Å². The highest BCUT2D eigenvalue weighted by molar-refractivity contribution is 7.92. The van der Waals surface area contributed by atoms with Gasteiger partial charge in [0.15, 0.2) is 0 Å². The Morgan fingerprint density at radius 3 is 2.71 bits per heavy atom. The van der Waals surface area contributed by atoms with Crippen LogP contribution in [0.3, 0.4) is 0 Å². The molecule has 168 valence electrons. The van der Waals surface area contributed by atoms with Crippen molar-refractivity contribution in [3.63, 3.8) is 0 Å². The number of hydrogen-bond acceptors (Lipinski definition) is 4. The van der Waals surface area contributed by atoms with E-state index in [1.165, 1.54) is 9.87 Å². The Balaban J connectivity index is 1.58. The van der Waals surface area contributed by atoms with E-state index in [1.54, 1.807) is 12.1 Å². The number of carbonyl (C=O) groups is 1. The number of rotatable bonds is 8. The lowest BCUT2D eigenvalue weighted by Crippen LogP contribution is -2.38. The molecule has 1 saturated heterocycles. The van der Waals surface area contributed by atoms with E-state index in [9.17, 15) is 13.2 Å². The second-order valence-electron chi connectivity index (χ2n) is 8.27. The molecule has 1 heterocycles. The molecule has 7 heteroatoms. The van der Waals surface area contributed by atoms with Crippen molar-refractivity contribution in [3.05, 3.63) is 59.2 Å². The van der Waals surface area contributed by atoms with E-state index in [0.717, 1.165) is 30.6 Å². The summed E-state index contributed by atoms with van der Waals surface area (Å²) in [7, 11) is -3.31. The smallest absolute Gasteiger partial charge is 0.251 e. The molecule has 6 nitrogen and oxygen atoms in total. The third-order valence-electron chi connectivity index (χ3n) is 5.29. The maximum Gasteiger partial charge on any atom is 0.251 e. The number of ether oxygens (including phenoxy) is 1. The summed E-state index contributed by atoms with van der Waals surface area (Å²) in [5, 5.41) is 2.95. The van der Waals surface area contributed by atoms with Gasteiger partial charge in [0.1, 0.15) is 5.75 Å². The molecule has 2 aromatic rings. The predicted molar refractivity (Wildman–Crippen MR) is 124 cm³/mol. The fraction of sp³-hybridized carbons (Fsp3) is 0.458. The monoisotopic (exact) mass is 444 g/mol. The van der Waals surface area contributed by atoms with Crippen molar-refractivity contribution < 1.29 is 17.9 Å². The first-order chi connectivity index (χ1) is 14.8. The molecular weight excluding hydrogens is 412 g/mol. The summed E-state index contributed by atoms with van der Waals surface area (Å²) < 4.78 is 32.1. The summed E-state index contributed by atoms with van der Waals surface area (Å²) in [4.78, 5) is 12.6. The number of nitrogens with one attached hydrogen (secondary N) is 1. The first kappa shape index (κ1) is 23.1. The molecule has 0 radical (unpaired) electrons. The van der Waals surface area contributed by atoms with Gasteiger partial charge < -0.3 is 10.1 Å². The van der Waals surface area contributed by atoms with E-state index in [2.05, 4.69) is 11.4 Å². The van der Waals surface area contributed by atoms with Crippen molar-refractivity contribution in [1.82, 2.24) is 5.32 Å². The normalized spacial score (nSPS) is 15.7. The lowest BCUT2D eigenvalue weighted by Gasteiger charge is -2.29. The van der Waals surface area contributed by atoms with Crippen LogP contribution >= 0.6 is 0 Å². The fourth-order valence-electron chi connectivity index (χ4n) is 3.72. The number of aryl methyl sites for hydroxylation is 2. The zero-order valence-corrected chi connectivity index (χ0v) is 19.4. The summed E-state index contributed by atoms with van der Waals surface area (Å²) in [5.74, 6) is 0.829. The van der Waals surface area contributed by atoms with Crippen molar-refractivity contribution in [2.24, 2.45) is 0 Å². The van der Waals surface area contributed by atoms with Crippen LogP contribution in [0.4, 0.5) is 5.69 Å². The molecule has 0 aliphatic carbocycles. The zero-order valence-electron chi connectivity index (χ0n) is 18.6. The van der Waals surface area contributed by atoms with Gasteiger partial charge in [-0.15, -0.1) is 0 Å². The Morgan fingerprint density at radius 2 is 1.97 bits per heavy atom. The molecule has 2 aromatic carbocycles. The molecule has 1 aliphatic heterocycles. The SMILES string of the molecule is Cc1ccc(C(=O)NCCCc2cccc(OC(C)C)c2)cc1N1CCCCS1(=O)=O. The molecule has 1 N–H and O–H groups in total. The number of nitrogens with zero attached hydrogens (tertiary/aromatic N) is 1. The van der Waals surface area contributed by atoms with Crippen molar-refractivity contribution in [1.29, 1.82) is 0 Å². The second kappa shape index (κ2) is 10.2. The Hall–Kier alpha value is -2.54. The Kier molecular flexibility index (Phi) is 7.59. The van der Waals surface area contributed by atoms with Gasteiger partial charge in [-0.25, -0.2) is 8.42 Å². The molecule has 31 heavy (non-hydrogen) atoms. The molecular formula is C24H32N2O4S. The summed E-state index contributed by atoms with van der Waals surface area (Å²) in [6.07, 6.45) is 3.29. The number of sulfonamides is 1. The highest BCUT2D eigenvalue weighted by atomic mass is 32.2. The molecule has 0 spiro atoms. The van der Waals surface area contributed by atoms with Gasteiger partial charge in [0.2, 0.25) is 10.0 Å². The van der Waals surface area contributed by atoms with E-state index in [-0.39, 0.29) is 17.8 Å². The van der Waals surface area contributed by atoms with Crippen LogP contribution < -0.4 is 14.4 Å². The third kappa shape index (κ3) is 6.23. The van der Waals surface area contributed by atoms with Gasteiger partial charge in [-0.2, -0.15) is 0 Å². The number of anilines is 1. The molecule has 1 aliphatic rings. The molecule has 3 rings (SSSR count). The van der Waals surface area contributed by atoms with Crippen molar-refractivity contribution in [2.75, 3.05) is 23.1 Å². The standard InChI is InChI=1S/C24H32N2O4S/c1-18(2)30-22-10-6-8-20(16-22)9-7-13-25-24(27)21-12-11-19(3)23(17-21)26-14-4-5-15-31(26,28)29/h6,8,10-12,16-18H,4-5,7,9,13-15H2,1-3H3,(H,25,27). The van der Waals surface area contributed by atoms with Crippen LogP contribution in [-0.2, 0) is 16.4 Å². The number of benzene rings is 2.